The van der Waals surface area contributed by atoms with Gasteiger partial charge in [0.2, 0.25) is 5.91 Å². The minimum Gasteiger partial charge on any atom is -0.356 e. The molecule has 138 valence electrons. The highest BCUT2D eigenvalue weighted by Gasteiger charge is 2.18. The van der Waals surface area contributed by atoms with Crippen LogP contribution in [0.3, 0.4) is 0 Å². The molecule has 1 atom stereocenters. The quantitative estimate of drug-likeness (QED) is 0.515. The molecular formula is C18H29N5O2. The first-order valence-electron chi connectivity index (χ1n) is 8.87. The lowest BCUT2D eigenvalue weighted by atomic mass is 9.98. The second kappa shape index (κ2) is 10.0. The fraction of sp³-hybridized carbons (Fsp3) is 0.556. The van der Waals surface area contributed by atoms with Crippen molar-refractivity contribution in [3.8, 4) is 0 Å². The Hall–Kier alpha value is -2.12. The molecule has 3 amide bonds. The van der Waals surface area contributed by atoms with Gasteiger partial charge in [-0.2, -0.15) is 0 Å². The van der Waals surface area contributed by atoms with Crippen LogP contribution in [0, 0.1) is 6.92 Å². The van der Waals surface area contributed by atoms with Crippen molar-refractivity contribution in [3.05, 3.63) is 35.4 Å². The molecule has 1 saturated heterocycles. The number of nitrogens with zero attached hydrogens (tertiary/aromatic N) is 1. The predicted octanol–water partition coefficient (Wildman–Crippen LogP) is 0.506. The first kappa shape index (κ1) is 19.2. The van der Waals surface area contributed by atoms with Crippen molar-refractivity contribution >= 4 is 11.9 Å². The molecule has 0 saturated carbocycles. The summed E-state index contributed by atoms with van der Waals surface area (Å²) in [6.07, 6.45) is 1.10. The first-order chi connectivity index (χ1) is 12.1. The minimum absolute atomic E-state index is 0.0812. The Bertz CT molecular complexity index is 572. The van der Waals surface area contributed by atoms with E-state index in [9.17, 15) is 9.59 Å². The molecule has 1 aliphatic rings. The SMILES string of the molecule is Cc1ccccc1C(CC(=O)NCCCN1CCNCC1)NC(N)=O. The van der Waals surface area contributed by atoms with Crippen molar-refractivity contribution in [3.63, 3.8) is 0 Å². The van der Waals surface area contributed by atoms with Gasteiger partial charge in [0.05, 0.1) is 12.5 Å². The summed E-state index contributed by atoms with van der Waals surface area (Å²) in [4.78, 5) is 25.9. The molecule has 5 N–H and O–H groups in total. The molecule has 1 fully saturated rings. The zero-order valence-electron chi connectivity index (χ0n) is 14.9. The molecule has 0 aromatic heterocycles. The van der Waals surface area contributed by atoms with E-state index in [-0.39, 0.29) is 12.3 Å². The molecule has 1 unspecified atom stereocenters. The minimum atomic E-state index is -0.625. The average molecular weight is 347 g/mol. The molecule has 1 aliphatic heterocycles. The highest BCUT2D eigenvalue weighted by Crippen LogP contribution is 2.20. The van der Waals surface area contributed by atoms with Gasteiger partial charge in [-0.25, -0.2) is 4.79 Å². The first-order valence-corrected chi connectivity index (χ1v) is 8.87. The third-order valence-corrected chi connectivity index (χ3v) is 4.45. The molecule has 0 bridgehead atoms. The Morgan fingerprint density at radius 3 is 2.68 bits per heavy atom. The zero-order valence-corrected chi connectivity index (χ0v) is 14.9. The van der Waals surface area contributed by atoms with Crippen LogP contribution in [-0.2, 0) is 4.79 Å². The fourth-order valence-electron chi connectivity index (χ4n) is 3.11. The third-order valence-electron chi connectivity index (χ3n) is 4.45. The Balaban J connectivity index is 1.78. The Kier molecular flexibility index (Phi) is 7.69. The van der Waals surface area contributed by atoms with E-state index < -0.39 is 12.1 Å². The third kappa shape index (κ3) is 6.72. The fourth-order valence-corrected chi connectivity index (χ4v) is 3.11. The van der Waals surface area contributed by atoms with Crippen LogP contribution in [0.25, 0.3) is 0 Å². The van der Waals surface area contributed by atoms with Crippen LogP contribution >= 0.6 is 0 Å². The Morgan fingerprint density at radius 2 is 2.00 bits per heavy atom. The lowest BCUT2D eigenvalue weighted by Gasteiger charge is -2.27. The predicted molar refractivity (Wildman–Crippen MR) is 98.2 cm³/mol. The van der Waals surface area contributed by atoms with E-state index >= 15 is 0 Å². The molecular weight excluding hydrogens is 318 g/mol. The van der Waals surface area contributed by atoms with Gasteiger partial charge in [0.1, 0.15) is 0 Å². The molecule has 0 spiro atoms. The number of hydrogen-bond donors (Lipinski definition) is 4. The highest BCUT2D eigenvalue weighted by molar-refractivity contribution is 5.78. The number of benzene rings is 1. The molecule has 7 nitrogen and oxygen atoms in total. The van der Waals surface area contributed by atoms with Gasteiger partial charge in [0, 0.05) is 32.7 Å². The van der Waals surface area contributed by atoms with Crippen molar-refractivity contribution in [2.45, 2.75) is 25.8 Å². The van der Waals surface area contributed by atoms with Crippen molar-refractivity contribution in [2.24, 2.45) is 5.73 Å². The molecule has 1 aromatic rings. The highest BCUT2D eigenvalue weighted by atomic mass is 16.2. The molecule has 1 aromatic carbocycles. The molecule has 7 heteroatoms. The number of hydrogen-bond acceptors (Lipinski definition) is 4. The van der Waals surface area contributed by atoms with Crippen molar-refractivity contribution in [2.75, 3.05) is 39.3 Å². The number of carbonyl (C=O) groups excluding carboxylic acids is 2. The largest absolute Gasteiger partial charge is 0.356 e. The van der Waals surface area contributed by atoms with Crippen LogP contribution in [0.2, 0.25) is 0 Å². The number of urea groups is 1. The molecule has 0 radical (unpaired) electrons. The number of piperazine rings is 1. The number of primary amides is 1. The van der Waals surface area contributed by atoms with Crippen LogP contribution in [0.5, 0.6) is 0 Å². The van der Waals surface area contributed by atoms with Gasteiger partial charge in [-0.3, -0.25) is 4.79 Å². The summed E-state index contributed by atoms with van der Waals surface area (Å²) in [7, 11) is 0. The maximum atomic E-state index is 12.2. The van der Waals surface area contributed by atoms with E-state index in [2.05, 4.69) is 20.9 Å². The van der Waals surface area contributed by atoms with Crippen molar-refractivity contribution < 1.29 is 9.59 Å². The smallest absolute Gasteiger partial charge is 0.312 e. The Labute approximate surface area is 149 Å². The second-order valence-electron chi connectivity index (χ2n) is 6.42. The number of nitrogens with one attached hydrogen (secondary N) is 3. The van der Waals surface area contributed by atoms with E-state index in [1.165, 1.54) is 0 Å². The maximum Gasteiger partial charge on any atom is 0.312 e. The van der Waals surface area contributed by atoms with Crippen LogP contribution in [0.15, 0.2) is 24.3 Å². The van der Waals surface area contributed by atoms with Gasteiger partial charge in [0.25, 0.3) is 0 Å². The van der Waals surface area contributed by atoms with E-state index in [1.807, 2.05) is 31.2 Å². The lowest BCUT2D eigenvalue weighted by molar-refractivity contribution is -0.121. The van der Waals surface area contributed by atoms with E-state index in [1.54, 1.807) is 0 Å². The summed E-state index contributed by atoms with van der Waals surface area (Å²) in [5, 5.41) is 8.94. The molecule has 25 heavy (non-hydrogen) atoms. The molecule has 0 aliphatic carbocycles. The normalized spacial score (nSPS) is 16.2. The Morgan fingerprint density at radius 1 is 1.28 bits per heavy atom. The van der Waals surface area contributed by atoms with Gasteiger partial charge in [-0.05, 0) is 31.0 Å². The standard InChI is InChI=1S/C18H29N5O2/c1-14-5-2-3-6-15(14)16(22-18(19)25)13-17(24)21-7-4-10-23-11-8-20-9-12-23/h2-3,5-6,16,20H,4,7-13H2,1H3,(H,21,24)(H3,19,22,25). The average Bonchev–Trinajstić information content (AvgIpc) is 2.59. The second-order valence-corrected chi connectivity index (χ2v) is 6.42. The van der Waals surface area contributed by atoms with Gasteiger partial charge < -0.3 is 26.6 Å². The van der Waals surface area contributed by atoms with Crippen LogP contribution in [0.1, 0.15) is 30.0 Å². The van der Waals surface area contributed by atoms with Gasteiger partial charge in [-0.1, -0.05) is 24.3 Å². The van der Waals surface area contributed by atoms with E-state index in [0.29, 0.717) is 6.54 Å². The topological polar surface area (TPSA) is 99.5 Å². The lowest BCUT2D eigenvalue weighted by Crippen LogP contribution is -2.44. The van der Waals surface area contributed by atoms with Gasteiger partial charge >= 0.3 is 6.03 Å². The summed E-state index contributed by atoms with van der Waals surface area (Å²) in [6, 6.07) is 6.65. The van der Waals surface area contributed by atoms with Gasteiger partial charge in [-0.15, -0.1) is 0 Å². The number of rotatable bonds is 8. The number of aryl methyl sites for hydroxylation is 1. The zero-order chi connectivity index (χ0) is 18.1. The summed E-state index contributed by atoms with van der Waals surface area (Å²) < 4.78 is 0. The van der Waals surface area contributed by atoms with Gasteiger partial charge in [0.15, 0.2) is 0 Å². The van der Waals surface area contributed by atoms with E-state index in [0.717, 1.165) is 50.3 Å². The summed E-state index contributed by atoms with van der Waals surface area (Å²) in [5.41, 5.74) is 7.20. The summed E-state index contributed by atoms with van der Waals surface area (Å²) in [6.45, 7) is 7.77. The van der Waals surface area contributed by atoms with E-state index in [4.69, 9.17) is 5.73 Å². The van der Waals surface area contributed by atoms with Crippen molar-refractivity contribution in [1.82, 2.24) is 20.9 Å². The molecule has 1 heterocycles. The number of nitrogens with two attached hydrogens (primary N) is 1. The summed E-state index contributed by atoms with van der Waals surface area (Å²) >= 11 is 0. The monoisotopic (exact) mass is 347 g/mol. The van der Waals surface area contributed by atoms with Crippen LogP contribution < -0.4 is 21.7 Å². The van der Waals surface area contributed by atoms with Crippen LogP contribution in [-0.4, -0.2) is 56.1 Å². The molecule has 2 rings (SSSR count). The summed E-state index contributed by atoms with van der Waals surface area (Å²) in [5.74, 6) is -0.0812. The number of amides is 3. The van der Waals surface area contributed by atoms with Crippen molar-refractivity contribution in [1.29, 1.82) is 0 Å². The van der Waals surface area contributed by atoms with Crippen LogP contribution in [0.4, 0.5) is 4.79 Å². The number of carbonyl (C=O) groups is 2. The maximum absolute atomic E-state index is 12.2.